The quantitative estimate of drug-likeness (QED) is 0.353. The number of aromatic nitrogens is 2. The fraction of sp³-hybridized carbons (Fsp3) is 0.423. The van der Waals surface area contributed by atoms with E-state index in [0.29, 0.717) is 18.9 Å². The van der Waals surface area contributed by atoms with E-state index in [0.717, 1.165) is 22.0 Å². The lowest BCUT2D eigenvalue weighted by atomic mass is 10.1. The summed E-state index contributed by atoms with van der Waals surface area (Å²) in [5.74, 6) is 0.357. The Morgan fingerprint density at radius 2 is 1.67 bits per heavy atom. The molecule has 0 aliphatic carbocycles. The highest BCUT2D eigenvalue weighted by Gasteiger charge is 2.30. The number of methoxy groups -OCH3 is 1. The summed E-state index contributed by atoms with van der Waals surface area (Å²) in [6.45, 7) is 8.56. The third-order valence-electron chi connectivity index (χ3n) is 5.48. The number of nitrogens with zero attached hydrogens (tertiary/aromatic N) is 3. The van der Waals surface area contributed by atoms with Gasteiger partial charge in [-0.05, 0) is 48.1 Å². The van der Waals surface area contributed by atoms with E-state index in [-0.39, 0.29) is 18.3 Å². The molecule has 36 heavy (non-hydrogen) atoms. The maximum Gasteiger partial charge on any atom is 0.324 e. The van der Waals surface area contributed by atoms with Crippen LogP contribution in [0.15, 0.2) is 55.0 Å². The number of benzene rings is 1. The zero-order valence-electron chi connectivity index (χ0n) is 21.4. The lowest BCUT2D eigenvalue weighted by molar-refractivity contribution is -0.142. The molecule has 3 rings (SSSR count). The molecule has 2 N–H and O–H groups in total. The number of nitrogens with one attached hydrogen (secondary N) is 2. The van der Waals surface area contributed by atoms with E-state index in [4.69, 9.17) is 4.74 Å². The number of fused-ring (bicyclic) bond motifs is 1. The van der Waals surface area contributed by atoms with E-state index >= 15 is 0 Å². The number of esters is 1. The molecule has 0 amide bonds. The summed E-state index contributed by atoms with van der Waals surface area (Å²) in [6, 6.07) is 10.2. The third-order valence-corrected chi connectivity index (χ3v) is 7.04. The monoisotopic (exact) mass is 513 g/mol. The van der Waals surface area contributed by atoms with E-state index in [2.05, 4.69) is 20.0 Å². The van der Waals surface area contributed by atoms with Crippen molar-refractivity contribution in [1.82, 2.24) is 19.0 Å². The van der Waals surface area contributed by atoms with E-state index in [9.17, 15) is 13.2 Å². The number of carbonyl (C=O) groups is 1. The minimum Gasteiger partial charge on any atom is -0.468 e. The summed E-state index contributed by atoms with van der Waals surface area (Å²) in [4.78, 5) is 21.1. The van der Waals surface area contributed by atoms with Crippen molar-refractivity contribution in [2.45, 2.75) is 40.2 Å². The number of carbonyl (C=O) groups excluding carboxylic acids is 1. The molecular weight excluding hydrogens is 478 g/mol. The van der Waals surface area contributed by atoms with E-state index in [1.807, 2.05) is 64.1 Å². The molecule has 3 aromatic rings. The fourth-order valence-electron chi connectivity index (χ4n) is 3.87. The van der Waals surface area contributed by atoms with Gasteiger partial charge in [-0.3, -0.25) is 9.78 Å². The Balaban J connectivity index is 1.75. The smallest absolute Gasteiger partial charge is 0.324 e. The lowest BCUT2D eigenvalue weighted by Gasteiger charge is -2.27. The topological polar surface area (TPSA) is 114 Å². The fourth-order valence-corrected chi connectivity index (χ4v) is 5.54. The van der Waals surface area contributed by atoms with Crippen LogP contribution in [0, 0.1) is 11.8 Å². The molecule has 0 saturated carbocycles. The van der Waals surface area contributed by atoms with Gasteiger partial charge in [-0.15, -0.1) is 0 Å². The summed E-state index contributed by atoms with van der Waals surface area (Å²) < 4.78 is 35.2. The van der Waals surface area contributed by atoms with Gasteiger partial charge in [-0.2, -0.15) is 17.4 Å². The summed E-state index contributed by atoms with van der Waals surface area (Å²) >= 11 is 0. The summed E-state index contributed by atoms with van der Waals surface area (Å²) in [5.41, 5.74) is 1.60. The van der Waals surface area contributed by atoms with Crippen LogP contribution in [0.3, 0.4) is 0 Å². The molecule has 2 aromatic heterocycles. The van der Waals surface area contributed by atoms with Crippen molar-refractivity contribution in [1.29, 1.82) is 0 Å². The molecule has 194 valence electrons. The van der Waals surface area contributed by atoms with Crippen molar-refractivity contribution in [2.75, 3.05) is 25.5 Å². The summed E-state index contributed by atoms with van der Waals surface area (Å²) in [7, 11) is -2.65. The van der Waals surface area contributed by atoms with E-state index in [1.165, 1.54) is 11.4 Å². The SMILES string of the molecule is COC(=O)[C@H](Cc1ccc(Nc2nccc3cnccc23)cc1)NS(=O)(=O)N(CC(C)C)CC(C)C. The Hall–Kier alpha value is -3.08. The Labute approximate surface area is 213 Å². The minimum absolute atomic E-state index is 0.143. The van der Waals surface area contributed by atoms with Gasteiger partial charge >= 0.3 is 5.97 Å². The molecule has 0 aliphatic heterocycles. The van der Waals surface area contributed by atoms with Crippen molar-refractivity contribution in [2.24, 2.45) is 11.8 Å². The van der Waals surface area contributed by atoms with Gasteiger partial charge in [0.15, 0.2) is 0 Å². The van der Waals surface area contributed by atoms with Crippen LogP contribution in [-0.2, 0) is 26.2 Å². The number of pyridine rings is 2. The average molecular weight is 514 g/mol. The second kappa shape index (κ2) is 12.2. The van der Waals surface area contributed by atoms with Crippen molar-refractivity contribution < 1.29 is 17.9 Å². The summed E-state index contributed by atoms with van der Waals surface area (Å²) in [5, 5.41) is 5.23. The molecule has 0 spiro atoms. The second-order valence-electron chi connectivity index (χ2n) is 9.59. The van der Waals surface area contributed by atoms with Crippen molar-refractivity contribution in [3.05, 3.63) is 60.6 Å². The Morgan fingerprint density at radius 3 is 2.28 bits per heavy atom. The first-order chi connectivity index (χ1) is 17.1. The zero-order chi connectivity index (χ0) is 26.3. The third kappa shape index (κ3) is 7.46. The maximum atomic E-state index is 13.2. The minimum atomic E-state index is -3.90. The van der Waals surface area contributed by atoms with Crippen molar-refractivity contribution in [3.63, 3.8) is 0 Å². The number of rotatable bonds is 12. The van der Waals surface area contributed by atoms with Crippen LogP contribution in [-0.4, -0.2) is 54.9 Å². The lowest BCUT2D eigenvalue weighted by Crippen LogP contribution is -2.51. The molecule has 0 bridgehead atoms. The average Bonchev–Trinajstić information content (AvgIpc) is 2.83. The first kappa shape index (κ1) is 27.5. The van der Waals surface area contributed by atoms with Gasteiger partial charge in [0, 0.05) is 48.1 Å². The molecule has 1 atom stereocenters. The van der Waals surface area contributed by atoms with Crippen LogP contribution < -0.4 is 10.0 Å². The van der Waals surface area contributed by atoms with Crippen LogP contribution in [0.2, 0.25) is 0 Å². The predicted octanol–water partition coefficient (Wildman–Crippen LogP) is 3.91. The van der Waals surface area contributed by atoms with Crippen LogP contribution in [0.5, 0.6) is 0 Å². The van der Waals surface area contributed by atoms with Crippen LogP contribution >= 0.6 is 0 Å². The molecule has 9 nitrogen and oxygen atoms in total. The van der Waals surface area contributed by atoms with Crippen LogP contribution in [0.4, 0.5) is 11.5 Å². The standard InChI is InChI=1S/C26H35N5O4S/c1-18(2)16-31(17-19(3)4)36(33,34)30-24(26(32)35-5)14-20-6-8-22(9-7-20)29-25-23-11-12-27-15-21(23)10-13-28-25/h6-13,15,18-19,24,30H,14,16-17H2,1-5H3,(H,28,29)/t24-/m0/s1. The highest BCUT2D eigenvalue weighted by Crippen LogP contribution is 2.24. The van der Waals surface area contributed by atoms with Crippen LogP contribution in [0.25, 0.3) is 10.8 Å². The Kier molecular flexibility index (Phi) is 9.36. The molecule has 0 fully saturated rings. The predicted molar refractivity (Wildman–Crippen MR) is 142 cm³/mol. The highest BCUT2D eigenvalue weighted by atomic mass is 32.2. The number of hydrogen-bond donors (Lipinski definition) is 2. The largest absolute Gasteiger partial charge is 0.468 e. The van der Waals surface area contributed by atoms with Gasteiger partial charge in [0.05, 0.1) is 7.11 Å². The molecule has 0 radical (unpaired) electrons. The van der Waals surface area contributed by atoms with Gasteiger partial charge < -0.3 is 10.1 Å². The molecule has 0 unspecified atom stereocenters. The van der Waals surface area contributed by atoms with E-state index < -0.39 is 22.2 Å². The maximum absolute atomic E-state index is 13.2. The highest BCUT2D eigenvalue weighted by molar-refractivity contribution is 7.87. The molecule has 0 saturated heterocycles. The van der Waals surface area contributed by atoms with Gasteiger partial charge in [-0.1, -0.05) is 39.8 Å². The number of anilines is 2. The normalized spacial score (nSPS) is 12.9. The van der Waals surface area contributed by atoms with Crippen molar-refractivity contribution in [3.8, 4) is 0 Å². The Bertz CT molecular complexity index is 1250. The van der Waals surface area contributed by atoms with Gasteiger partial charge in [0.1, 0.15) is 11.9 Å². The van der Waals surface area contributed by atoms with Crippen molar-refractivity contribution >= 4 is 38.5 Å². The number of ether oxygens (including phenoxy) is 1. The van der Waals surface area contributed by atoms with Gasteiger partial charge in [0.2, 0.25) is 0 Å². The number of hydrogen-bond acceptors (Lipinski definition) is 7. The first-order valence-electron chi connectivity index (χ1n) is 12.0. The molecular formula is C26H35N5O4S. The second-order valence-corrected chi connectivity index (χ2v) is 11.3. The summed E-state index contributed by atoms with van der Waals surface area (Å²) in [6.07, 6.45) is 5.37. The van der Waals surface area contributed by atoms with Gasteiger partial charge in [0.25, 0.3) is 10.2 Å². The Morgan fingerprint density at radius 1 is 1.00 bits per heavy atom. The van der Waals surface area contributed by atoms with E-state index in [1.54, 1.807) is 18.6 Å². The van der Waals surface area contributed by atoms with Crippen LogP contribution in [0.1, 0.15) is 33.3 Å². The molecule has 1 aromatic carbocycles. The molecule has 0 aliphatic rings. The molecule has 2 heterocycles. The first-order valence-corrected chi connectivity index (χ1v) is 13.4. The zero-order valence-corrected chi connectivity index (χ0v) is 22.2. The van der Waals surface area contributed by atoms with Gasteiger partial charge in [-0.25, -0.2) is 4.98 Å². The molecule has 10 heteroatoms.